The van der Waals surface area contributed by atoms with Gasteiger partial charge in [-0.3, -0.25) is 4.79 Å². The third kappa shape index (κ3) is 5.42. The van der Waals surface area contributed by atoms with Crippen molar-refractivity contribution in [3.8, 4) is 11.9 Å². The molecule has 0 bridgehead atoms. The number of carbonyl (C=O) groups excluding carboxylic acids is 1. The summed E-state index contributed by atoms with van der Waals surface area (Å²) in [5.74, 6) is 0.295. The van der Waals surface area contributed by atoms with E-state index in [2.05, 4.69) is 15.0 Å². The molecule has 3 heterocycles. The standard InChI is InChI=1S/C21H23F3N4O3/c22-21(23,24)17-9-10-25-20(27-17)31-16-6-3-11-28(13-16)19(29)14-7-8-18(26-12-14)30-15-4-1-2-5-15/h7-10,12,15-16H,1-6,11,13H2. The number of pyridine rings is 1. The van der Waals surface area contributed by atoms with E-state index in [1.807, 2.05) is 0 Å². The molecule has 2 aromatic rings. The lowest BCUT2D eigenvalue weighted by molar-refractivity contribution is -0.141. The van der Waals surface area contributed by atoms with E-state index in [4.69, 9.17) is 9.47 Å². The molecule has 1 amide bonds. The van der Waals surface area contributed by atoms with Crippen LogP contribution in [0.5, 0.6) is 11.9 Å². The molecule has 1 atom stereocenters. The monoisotopic (exact) mass is 436 g/mol. The van der Waals surface area contributed by atoms with Gasteiger partial charge in [0.1, 0.15) is 12.2 Å². The van der Waals surface area contributed by atoms with Crippen molar-refractivity contribution in [1.82, 2.24) is 19.9 Å². The van der Waals surface area contributed by atoms with Gasteiger partial charge in [-0.2, -0.15) is 18.2 Å². The molecule has 0 spiro atoms. The molecular formula is C21H23F3N4O3. The normalized spacial score (nSPS) is 20.0. The fraction of sp³-hybridized carbons (Fsp3) is 0.524. The van der Waals surface area contributed by atoms with Crippen LogP contribution >= 0.6 is 0 Å². The van der Waals surface area contributed by atoms with Gasteiger partial charge in [-0.05, 0) is 50.7 Å². The predicted octanol–water partition coefficient (Wildman–Crippen LogP) is 3.90. The second-order valence-corrected chi connectivity index (χ2v) is 7.76. The van der Waals surface area contributed by atoms with Crippen LogP contribution in [0.25, 0.3) is 0 Å². The van der Waals surface area contributed by atoms with Gasteiger partial charge in [0, 0.05) is 25.0 Å². The van der Waals surface area contributed by atoms with Crippen molar-refractivity contribution in [3.05, 3.63) is 41.9 Å². The Morgan fingerprint density at radius 1 is 1.00 bits per heavy atom. The largest absolute Gasteiger partial charge is 0.474 e. The molecule has 31 heavy (non-hydrogen) atoms. The van der Waals surface area contributed by atoms with Crippen molar-refractivity contribution in [2.75, 3.05) is 13.1 Å². The van der Waals surface area contributed by atoms with Crippen molar-refractivity contribution in [1.29, 1.82) is 0 Å². The van der Waals surface area contributed by atoms with Gasteiger partial charge in [0.2, 0.25) is 5.88 Å². The third-order valence-electron chi connectivity index (χ3n) is 5.43. The molecule has 2 aromatic heterocycles. The van der Waals surface area contributed by atoms with Crippen molar-refractivity contribution in [2.24, 2.45) is 0 Å². The molecule has 1 aliphatic carbocycles. The van der Waals surface area contributed by atoms with E-state index < -0.39 is 18.0 Å². The zero-order valence-corrected chi connectivity index (χ0v) is 16.8. The number of hydrogen-bond donors (Lipinski definition) is 0. The molecule has 0 N–H and O–H groups in total. The summed E-state index contributed by atoms with van der Waals surface area (Å²) in [7, 11) is 0. The Morgan fingerprint density at radius 3 is 2.48 bits per heavy atom. The van der Waals surface area contributed by atoms with Crippen LogP contribution in [0.1, 0.15) is 54.6 Å². The van der Waals surface area contributed by atoms with Gasteiger partial charge >= 0.3 is 12.2 Å². The quantitative estimate of drug-likeness (QED) is 0.708. The van der Waals surface area contributed by atoms with E-state index in [1.165, 1.54) is 6.20 Å². The molecule has 0 radical (unpaired) electrons. The average Bonchev–Trinajstić information content (AvgIpc) is 3.27. The molecule has 2 fully saturated rings. The molecule has 1 saturated carbocycles. The van der Waals surface area contributed by atoms with Crippen molar-refractivity contribution in [2.45, 2.75) is 56.9 Å². The van der Waals surface area contributed by atoms with Crippen LogP contribution in [0.2, 0.25) is 0 Å². The Hall–Kier alpha value is -2.91. The summed E-state index contributed by atoms with van der Waals surface area (Å²) in [6, 6.07) is 3.82. The smallest absolute Gasteiger partial charge is 0.433 e. The fourth-order valence-electron chi connectivity index (χ4n) is 3.86. The maximum absolute atomic E-state index is 12.8. The van der Waals surface area contributed by atoms with Crippen LogP contribution in [0.4, 0.5) is 13.2 Å². The summed E-state index contributed by atoms with van der Waals surface area (Å²) in [6.07, 6.45) is 3.24. The van der Waals surface area contributed by atoms with Gasteiger partial charge in [0.05, 0.1) is 12.1 Å². The first-order chi connectivity index (χ1) is 14.9. The van der Waals surface area contributed by atoms with Gasteiger partial charge in [-0.25, -0.2) is 9.97 Å². The Kier molecular flexibility index (Phi) is 6.24. The maximum Gasteiger partial charge on any atom is 0.433 e. The first-order valence-electron chi connectivity index (χ1n) is 10.4. The van der Waals surface area contributed by atoms with Gasteiger partial charge < -0.3 is 14.4 Å². The molecule has 7 nitrogen and oxygen atoms in total. The van der Waals surface area contributed by atoms with E-state index in [-0.39, 0.29) is 24.6 Å². The minimum atomic E-state index is -4.57. The molecule has 1 saturated heterocycles. The first kappa shape index (κ1) is 21.3. The molecule has 2 aliphatic rings. The molecular weight excluding hydrogens is 413 g/mol. The van der Waals surface area contributed by atoms with E-state index in [9.17, 15) is 18.0 Å². The summed E-state index contributed by atoms with van der Waals surface area (Å²) in [4.78, 5) is 25.9. The second-order valence-electron chi connectivity index (χ2n) is 7.76. The van der Waals surface area contributed by atoms with Crippen LogP contribution < -0.4 is 9.47 Å². The molecule has 1 aliphatic heterocycles. The lowest BCUT2D eigenvalue weighted by atomic mass is 10.1. The highest BCUT2D eigenvalue weighted by Crippen LogP contribution is 2.28. The highest BCUT2D eigenvalue weighted by atomic mass is 19.4. The predicted molar refractivity (Wildman–Crippen MR) is 104 cm³/mol. The van der Waals surface area contributed by atoms with Gasteiger partial charge in [-0.15, -0.1) is 0 Å². The number of rotatable bonds is 5. The van der Waals surface area contributed by atoms with E-state index >= 15 is 0 Å². The van der Waals surface area contributed by atoms with E-state index in [0.29, 0.717) is 30.8 Å². The first-order valence-corrected chi connectivity index (χ1v) is 10.4. The number of alkyl halides is 3. The van der Waals surface area contributed by atoms with E-state index in [1.54, 1.807) is 17.0 Å². The molecule has 10 heteroatoms. The van der Waals surface area contributed by atoms with Gasteiger partial charge in [0.15, 0.2) is 5.69 Å². The third-order valence-corrected chi connectivity index (χ3v) is 5.43. The van der Waals surface area contributed by atoms with Gasteiger partial charge in [0.25, 0.3) is 5.91 Å². The summed E-state index contributed by atoms with van der Waals surface area (Å²) >= 11 is 0. The number of ether oxygens (including phenoxy) is 2. The van der Waals surface area contributed by atoms with Crippen molar-refractivity contribution in [3.63, 3.8) is 0 Å². The molecule has 166 valence electrons. The topological polar surface area (TPSA) is 77.4 Å². The molecule has 0 aromatic carbocycles. The minimum Gasteiger partial charge on any atom is -0.474 e. The zero-order chi connectivity index (χ0) is 21.8. The van der Waals surface area contributed by atoms with Gasteiger partial charge in [-0.1, -0.05) is 0 Å². The number of piperidine rings is 1. The Balaban J connectivity index is 1.36. The lowest BCUT2D eigenvalue weighted by Gasteiger charge is -2.32. The highest BCUT2D eigenvalue weighted by molar-refractivity contribution is 5.94. The zero-order valence-electron chi connectivity index (χ0n) is 16.8. The number of carbonyl (C=O) groups is 1. The molecule has 1 unspecified atom stereocenters. The van der Waals surface area contributed by atoms with Crippen LogP contribution in [0, 0.1) is 0 Å². The van der Waals surface area contributed by atoms with Crippen LogP contribution in [-0.4, -0.2) is 51.1 Å². The highest BCUT2D eigenvalue weighted by Gasteiger charge is 2.33. The Morgan fingerprint density at radius 2 is 1.77 bits per heavy atom. The number of hydrogen-bond acceptors (Lipinski definition) is 6. The fourth-order valence-corrected chi connectivity index (χ4v) is 3.86. The summed E-state index contributed by atoms with van der Waals surface area (Å²) in [5, 5.41) is 0. The average molecular weight is 436 g/mol. The molecule has 4 rings (SSSR count). The maximum atomic E-state index is 12.8. The Labute approximate surface area is 177 Å². The SMILES string of the molecule is O=C(c1ccc(OC2CCCC2)nc1)N1CCCC(Oc2nccc(C(F)(F)F)n2)C1. The lowest BCUT2D eigenvalue weighted by Crippen LogP contribution is -2.44. The Bertz CT molecular complexity index is 901. The number of nitrogens with zero attached hydrogens (tertiary/aromatic N) is 4. The summed E-state index contributed by atoms with van der Waals surface area (Å²) in [6.45, 7) is 0.765. The minimum absolute atomic E-state index is 0.187. The second kappa shape index (κ2) is 9.07. The van der Waals surface area contributed by atoms with E-state index in [0.717, 1.165) is 37.9 Å². The summed E-state index contributed by atoms with van der Waals surface area (Å²) in [5.41, 5.74) is -0.637. The number of halogens is 3. The number of aromatic nitrogens is 3. The number of amides is 1. The van der Waals surface area contributed by atoms with Crippen molar-refractivity contribution >= 4 is 5.91 Å². The van der Waals surface area contributed by atoms with Crippen LogP contribution in [0.3, 0.4) is 0 Å². The number of likely N-dealkylation sites (tertiary alicyclic amines) is 1. The van der Waals surface area contributed by atoms with Crippen LogP contribution in [-0.2, 0) is 6.18 Å². The van der Waals surface area contributed by atoms with Crippen LogP contribution in [0.15, 0.2) is 30.6 Å². The summed E-state index contributed by atoms with van der Waals surface area (Å²) < 4.78 is 49.9. The van der Waals surface area contributed by atoms with Crippen molar-refractivity contribution < 1.29 is 27.4 Å².